The highest BCUT2D eigenvalue weighted by Crippen LogP contribution is 2.50. The van der Waals surface area contributed by atoms with Crippen LogP contribution in [0.25, 0.3) is 0 Å². The van der Waals surface area contributed by atoms with E-state index in [-0.39, 0.29) is 0 Å². The van der Waals surface area contributed by atoms with Crippen molar-refractivity contribution in [3.05, 3.63) is 17.4 Å². The SMILES string of the molecule is CC=C=C1CC(CI)C1(C)C. The molecule has 0 N–H and O–H groups in total. The second-order valence-corrected chi connectivity index (χ2v) is 4.57. The third-order valence-electron chi connectivity index (χ3n) is 2.75. The van der Waals surface area contributed by atoms with Crippen molar-refractivity contribution in [2.45, 2.75) is 27.2 Å². The van der Waals surface area contributed by atoms with Crippen LogP contribution in [0.15, 0.2) is 17.4 Å². The summed E-state index contributed by atoms with van der Waals surface area (Å²) in [6.45, 7) is 6.69. The Hall–Kier alpha value is 0.250. The summed E-state index contributed by atoms with van der Waals surface area (Å²) in [6.07, 6.45) is 3.29. The molecule has 1 atom stereocenters. The first kappa shape index (κ1) is 9.34. The third kappa shape index (κ3) is 1.54. The Kier molecular flexibility index (Phi) is 2.82. The molecular weight excluding hydrogens is 247 g/mol. The van der Waals surface area contributed by atoms with Gasteiger partial charge < -0.3 is 0 Å². The minimum absolute atomic E-state index is 0.424. The first-order valence-electron chi connectivity index (χ1n) is 4.09. The lowest BCUT2D eigenvalue weighted by molar-refractivity contribution is 0.195. The van der Waals surface area contributed by atoms with Crippen LogP contribution in [0.4, 0.5) is 0 Å². The highest BCUT2D eigenvalue weighted by Gasteiger charge is 2.42. The Morgan fingerprint density at radius 2 is 2.36 bits per heavy atom. The molecule has 1 aliphatic carbocycles. The Labute approximate surface area is 82.9 Å². The fraction of sp³-hybridized carbons (Fsp3) is 0.700. The lowest BCUT2D eigenvalue weighted by Gasteiger charge is -2.45. The van der Waals surface area contributed by atoms with E-state index in [1.54, 1.807) is 0 Å². The average molecular weight is 262 g/mol. The minimum Gasteiger partial charge on any atom is -0.126 e. The first-order chi connectivity index (χ1) is 5.12. The molecule has 1 unspecified atom stereocenters. The lowest BCUT2D eigenvalue weighted by Crippen LogP contribution is -2.38. The van der Waals surface area contributed by atoms with E-state index in [4.69, 9.17) is 0 Å². The number of allylic oxidation sites excluding steroid dienone is 1. The number of rotatable bonds is 1. The summed E-state index contributed by atoms with van der Waals surface area (Å²) in [7, 11) is 0. The van der Waals surface area contributed by atoms with Gasteiger partial charge >= 0.3 is 0 Å². The number of alkyl halides is 1. The molecule has 0 radical (unpaired) electrons. The van der Waals surface area contributed by atoms with Crippen LogP contribution in [0.2, 0.25) is 0 Å². The van der Waals surface area contributed by atoms with Crippen LogP contribution in [0, 0.1) is 11.3 Å². The molecule has 0 saturated heterocycles. The van der Waals surface area contributed by atoms with Crippen molar-refractivity contribution in [3.63, 3.8) is 0 Å². The molecule has 0 amide bonds. The average Bonchev–Trinajstić information content (AvgIpc) is 1.97. The van der Waals surface area contributed by atoms with Crippen molar-refractivity contribution in [2.24, 2.45) is 11.3 Å². The van der Waals surface area contributed by atoms with Crippen LogP contribution in [-0.2, 0) is 0 Å². The summed E-state index contributed by atoms with van der Waals surface area (Å²) in [6, 6.07) is 0. The molecule has 0 aliphatic heterocycles. The summed E-state index contributed by atoms with van der Waals surface area (Å²) in [4.78, 5) is 0. The maximum Gasteiger partial charge on any atom is 0.00354 e. The Morgan fingerprint density at radius 1 is 1.73 bits per heavy atom. The van der Waals surface area contributed by atoms with E-state index in [0.717, 1.165) is 5.92 Å². The molecule has 0 spiro atoms. The summed E-state index contributed by atoms with van der Waals surface area (Å²) >= 11 is 2.48. The van der Waals surface area contributed by atoms with E-state index in [1.165, 1.54) is 16.4 Å². The van der Waals surface area contributed by atoms with Crippen molar-refractivity contribution in [2.75, 3.05) is 4.43 Å². The Bertz CT molecular complexity index is 207. The highest BCUT2D eigenvalue weighted by atomic mass is 127. The zero-order chi connectivity index (χ0) is 8.48. The van der Waals surface area contributed by atoms with Gasteiger partial charge in [-0.25, -0.2) is 0 Å². The fourth-order valence-corrected chi connectivity index (χ4v) is 2.96. The number of halogens is 1. The quantitative estimate of drug-likeness (QED) is 0.385. The topological polar surface area (TPSA) is 0 Å². The van der Waals surface area contributed by atoms with E-state index in [0.29, 0.717) is 5.41 Å². The zero-order valence-corrected chi connectivity index (χ0v) is 9.60. The molecule has 1 heteroatoms. The molecule has 1 rings (SSSR count). The molecule has 1 aliphatic rings. The molecule has 11 heavy (non-hydrogen) atoms. The van der Waals surface area contributed by atoms with Gasteiger partial charge in [0.1, 0.15) is 0 Å². The van der Waals surface area contributed by atoms with Gasteiger partial charge in [-0.2, -0.15) is 0 Å². The van der Waals surface area contributed by atoms with Crippen molar-refractivity contribution in [1.82, 2.24) is 0 Å². The molecule has 0 nitrogen and oxygen atoms in total. The van der Waals surface area contributed by atoms with Crippen molar-refractivity contribution >= 4 is 22.6 Å². The number of hydrogen-bond acceptors (Lipinski definition) is 0. The van der Waals surface area contributed by atoms with Gasteiger partial charge in [-0.1, -0.05) is 36.4 Å². The summed E-state index contributed by atoms with van der Waals surface area (Å²) in [5, 5.41) is 0. The van der Waals surface area contributed by atoms with Gasteiger partial charge in [-0.3, -0.25) is 0 Å². The standard InChI is InChI=1S/C10H15I/c1-4-5-8-6-9(7-11)10(8,2)3/h4,9H,6-7H2,1-3H3. The highest BCUT2D eigenvalue weighted by molar-refractivity contribution is 14.1. The normalized spacial score (nSPS) is 27.3. The van der Waals surface area contributed by atoms with Crippen LogP contribution in [0.3, 0.4) is 0 Å². The zero-order valence-electron chi connectivity index (χ0n) is 7.45. The monoisotopic (exact) mass is 262 g/mol. The molecule has 1 saturated carbocycles. The maximum atomic E-state index is 3.32. The van der Waals surface area contributed by atoms with Crippen LogP contribution >= 0.6 is 22.6 Å². The Morgan fingerprint density at radius 3 is 2.73 bits per heavy atom. The summed E-state index contributed by atoms with van der Waals surface area (Å²) in [5.41, 5.74) is 5.25. The van der Waals surface area contributed by atoms with Gasteiger partial charge in [0.15, 0.2) is 0 Å². The third-order valence-corrected chi connectivity index (χ3v) is 3.82. The van der Waals surface area contributed by atoms with Crippen molar-refractivity contribution in [1.29, 1.82) is 0 Å². The van der Waals surface area contributed by atoms with E-state index < -0.39 is 0 Å². The molecule has 0 aromatic heterocycles. The fourth-order valence-electron chi connectivity index (χ4n) is 1.55. The second kappa shape index (κ2) is 3.32. The largest absolute Gasteiger partial charge is 0.126 e. The van der Waals surface area contributed by atoms with E-state index in [2.05, 4.69) is 42.2 Å². The Balaban J connectivity index is 2.76. The van der Waals surface area contributed by atoms with Gasteiger partial charge in [0.05, 0.1) is 0 Å². The van der Waals surface area contributed by atoms with Crippen LogP contribution in [0.1, 0.15) is 27.2 Å². The van der Waals surface area contributed by atoms with Crippen LogP contribution < -0.4 is 0 Å². The van der Waals surface area contributed by atoms with E-state index in [9.17, 15) is 0 Å². The minimum atomic E-state index is 0.424. The van der Waals surface area contributed by atoms with Gasteiger partial charge in [-0.05, 0) is 36.3 Å². The molecule has 0 heterocycles. The lowest BCUT2D eigenvalue weighted by atomic mass is 9.60. The molecule has 0 bridgehead atoms. The van der Waals surface area contributed by atoms with Gasteiger partial charge in [-0.15, -0.1) is 5.73 Å². The van der Waals surface area contributed by atoms with Crippen molar-refractivity contribution < 1.29 is 0 Å². The van der Waals surface area contributed by atoms with Crippen LogP contribution in [-0.4, -0.2) is 4.43 Å². The molecule has 1 fully saturated rings. The second-order valence-electron chi connectivity index (χ2n) is 3.69. The van der Waals surface area contributed by atoms with Crippen LogP contribution in [0.5, 0.6) is 0 Å². The smallest absolute Gasteiger partial charge is 0.00354 e. The van der Waals surface area contributed by atoms with E-state index >= 15 is 0 Å². The summed E-state index contributed by atoms with van der Waals surface area (Å²) in [5.74, 6) is 0.880. The predicted octanol–water partition coefficient (Wildman–Crippen LogP) is 3.57. The maximum absolute atomic E-state index is 3.32. The predicted molar refractivity (Wildman–Crippen MR) is 58.0 cm³/mol. The van der Waals surface area contributed by atoms with Gasteiger partial charge in [0.25, 0.3) is 0 Å². The van der Waals surface area contributed by atoms with Crippen molar-refractivity contribution in [3.8, 4) is 0 Å². The van der Waals surface area contributed by atoms with Gasteiger partial charge in [0.2, 0.25) is 0 Å². The molecular formula is C10H15I. The van der Waals surface area contributed by atoms with Gasteiger partial charge in [0, 0.05) is 4.43 Å². The van der Waals surface area contributed by atoms with E-state index in [1.807, 2.05) is 13.0 Å². The molecule has 0 aromatic carbocycles. The molecule has 0 aromatic rings. The number of hydrogen-bond donors (Lipinski definition) is 0. The first-order valence-corrected chi connectivity index (χ1v) is 5.62. The summed E-state index contributed by atoms with van der Waals surface area (Å²) < 4.78 is 1.28. The molecule has 62 valence electrons.